The lowest BCUT2D eigenvalue weighted by atomic mass is 9.87. The van der Waals surface area contributed by atoms with Crippen LogP contribution in [0.5, 0.6) is 0 Å². The predicted molar refractivity (Wildman–Crippen MR) is 106 cm³/mol. The molecule has 0 saturated carbocycles. The van der Waals surface area contributed by atoms with Crippen molar-refractivity contribution in [1.29, 1.82) is 0 Å². The summed E-state index contributed by atoms with van der Waals surface area (Å²) < 4.78 is 40.1. The van der Waals surface area contributed by atoms with Crippen LogP contribution in [0.15, 0.2) is 29.2 Å². The SMILES string of the molecule is CC(C)NC(=O)[C@@H]1C[C@@H](C2CCN(S(=O)(=O)c3ccc(F)cc3)CC2)N(C)C1. The minimum Gasteiger partial charge on any atom is -0.354 e. The lowest BCUT2D eigenvalue weighted by Gasteiger charge is -2.36. The standard InChI is InChI=1S/C20H30FN3O3S/c1-14(2)22-20(25)16-12-19(23(3)13-16)15-8-10-24(11-9-15)28(26,27)18-6-4-17(21)5-7-18/h4-7,14-16,19H,8-13H2,1-3H3,(H,22,25)/t16-,19+/m1/s1. The molecule has 0 bridgehead atoms. The monoisotopic (exact) mass is 411 g/mol. The summed E-state index contributed by atoms with van der Waals surface area (Å²) in [5, 5.41) is 3.00. The van der Waals surface area contributed by atoms with Crippen molar-refractivity contribution in [3.8, 4) is 0 Å². The van der Waals surface area contributed by atoms with Crippen molar-refractivity contribution in [3.63, 3.8) is 0 Å². The van der Waals surface area contributed by atoms with E-state index < -0.39 is 15.8 Å². The first kappa shape index (κ1) is 21.2. The van der Waals surface area contributed by atoms with Crippen LogP contribution in [0.4, 0.5) is 4.39 Å². The summed E-state index contributed by atoms with van der Waals surface area (Å²) in [7, 11) is -1.54. The van der Waals surface area contributed by atoms with Gasteiger partial charge in [0.05, 0.1) is 10.8 Å². The second kappa shape index (κ2) is 8.47. The Kier molecular flexibility index (Phi) is 6.41. The molecule has 0 unspecified atom stereocenters. The quantitative estimate of drug-likeness (QED) is 0.805. The Morgan fingerprint density at radius 1 is 1.18 bits per heavy atom. The highest BCUT2D eigenvalue weighted by Crippen LogP contribution is 2.34. The molecule has 2 fully saturated rings. The average Bonchev–Trinajstić information content (AvgIpc) is 3.03. The molecule has 0 aliphatic carbocycles. The largest absolute Gasteiger partial charge is 0.354 e. The molecule has 1 N–H and O–H groups in total. The summed E-state index contributed by atoms with van der Waals surface area (Å²) in [6, 6.07) is 5.43. The van der Waals surface area contributed by atoms with Gasteiger partial charge < -0.3 is 10.2 Å². The van der Waals surface area contributed by atoms with Gasteiger partial charge in [0, 0.05) is 31.7 Å². The molecule has 8 heteroatoms. The zero-order chi connectivity index (χ0) is 20.5. The van der Waals surface area contributed by atoms with Crippen molar-refractivity contribution in [1.82, 2.24) is 14.5 Å². The maximum atomic E-state index is 13.1. The van der Waals surface area contributed by atoms with Gasteiger partial charge in [-0.1, -0.05) is 0 Å². The third kappa shape index (κ3) is 4.55. The molecule has 6 nitrogen and oxygen atoms in total. The molecule has 0 aromatic heterocycles. The van der Waals surface area contributed by atoms with Crippen molar-refractivity contribution in [2.45, 2.75) is 50.1 Å². The third-order valence-electron chi connectivity index (χ3n) is 5.90. The van der Waals surface area contributed by atoms with E-state index in [0.29, 0.717) is 25.0 Å². The maximum Gasteiger partial charge on any atom is 0.243 e. The van der Waals surface area contributed by atoms with Crippen molar-refractivity contribution < 1.29 is 17.6 Å². The van der Waals surface area contributed by atoms with Crippen molar-refractivity contribution >= 4 is 15.9 Å². The van der Waals surface area contributed by atoms with Gasteiger partial charge >= 0.3 is 0 Å². The number of rotatable bonds is 5. The van der Waals surface area contributed by atoms with Gasteiger partial charge in [0.15, 0.2) is 0 Å². The van der Waals surface area contributed by atoms with E-state index in [9.17, 15) is 17.6 Å². The van der Waals surface area contributed by atoms with Gasteiger partial charge in [-0.25, -0.2) is 12.8 Å². The molecular weight excluding hydrogens is 381 g/mol. The molecular formula is C20H30FN3O3S. The number of amides is 1. The number of hydrogen-bond acceptors (Lipinski definition) is 4. The van der Waals surface area contributed by atoms with E-state index in [2.05, 4.69) is 17.3 Å². The van der Waals surface area contributed by atoms with Gasteiger partial charge in [0.2, 0.25) is 15.9 Å². The second-order valence-electron chi connectivity index (χ2n) is 8.30. The fourth-order valence-electron chi connectivity index (χ4n) is 4.43. The van der Waals surface area contributed by atoms with Crippen LogP contribution in [0, 0.1) is 17.7 Å². The summed E-state index contributed by atoms with van der Waals surface area (Å²) in [4.78, 5) is 14.7. The van der Waals surface area contributed by atoms with Crippen LogP contribution in [-0.2, 0) is 14.8 Å². The van der Waals surface area contributed by atoms with Crippen LogP contribution in [0.3, 0.4) is 0 Å². The van der Waals surface area contributed by atoms with Gasteiger partial charge in [-0.05, 0) is 70.3 Å². The summed E-state index contributed by atoms with van der Waals surface area (Å²) >= 11 is 0. The molecule has 2 aliphatic heterocycles. The van der Waals surface area contributed by atoms with Crippen LogP contribution in [0.25, 0.3) is 0 Å². The number of benzene rings is 1. The number of hydrogen-bond donors (Lipinski definition) is 1. The summed E-state index contributed by atoms with van der Waals surface area (Å²) in [6.45, 7) is 5.59. The number of likely N-dealkylation sites (tertiary alicyclic amines) is 1. The topological polar surface area (TPSA) is 69.7 Å². The molecule has 1 aromatic rings. The van der Waals surface area contributed by atoms with E-state index in [1.165, 1.54) is 28.6 Å². The normalized spacial score (nSPS) is 25.3. The number of nitrogens with one attached hydrogen (secondary N) is 1. The molecule has 2 saturated heterocycles. The Balaban J connectivity index is 1.59. The average molecular weight is 412 g/mol. The van der Waals surface area contributed by atoms with Crippen LogP contribution >= 0.6 is 0 Å². The van der Waals surface area contributed by atoms with Crippen LogP contribution in [0.1, 0.15) is 33.1 Å². The van der Waals surface area contributed by atoms with Gasteiger partial charge in [-0.3, -0.25) is 4.79 Å². The van der Waals surface area contributed by atoms with Gasteiger partial charge in [-0.2, -0.15) is 4.31 Å². The zero-order valence-corrected chi connectivity index (χ0v) is 17.6. The first-order chi connectivity index (χ1) is 13.2. The minimum absolute atomic E-state index is 0.00150. The van der Waals surface area contributed by atoms with E-state index in [4.69, 9.17) is 0 Å². The van der Waals surface area contributed by atoms with E-state index in [-0.39, 0.29) is 22.8 Å². The van der Waals surface area contributed by atoms with Crippen LogP contribution in [0.2, 0.25) is 0 Å². The Morgan fingerprint density at radius 2 is 1.79 bits per heavy atom. The summed E-state index contributed by atoms with van der Waals surface area (Å²) in [5.74, 6) is 0.0403. The zero-order valence-electron chi connectivity index (χ0n) is 16.8. The predicted octanol–water partition coefficient (Wildman–Crippen LogP) is 2.07. The number of nitrogens with zero attached hydrogens (tertiary/aromatic N) is 2. The third-order valence-corrected chi connectivity index (χ3v) is 7.81. The molecule has 2 atom stereocenters. The van der Waals surface area contributed by atoms with Crippen LogP contribution < -0.4 is 5.32 Å². The fraction of sp³-hybridized carbons (Fsp3) is 0.650. The number of carbonyl (C=O) groups excluding carboxylic acids is 1. The molecule has 1 aromatic carbocycles. The molecule has 2 heterocycles. The van der Waals surface area contributed by atoms with Crippen molar-refractivity contribution in [3.05, 3.63) is 30.1 Å². The Bertz CT molecular complexity index is 789. The molecule has 0 radical (unpaired) electrons. The van der Waals surface area contributed by atoms with Crippen LogP contribution in [-0.4, -0.2) is 62.3 Å². The van der Waals surface area contributed by atoms with Crippen molar-refractivity contribution in [2.24, 2.45) is 11.8 Å². The Labute approximate surface area is 167 Å². The fourth-order valence-corrected chi connectivity index (χ4v) is 5.90. The van der Waals surface area contributed by atoms with E-state index in [0.717, 1.165) is 25.8 Å². The smallest absolute Gasteiger partial charge is 0.243 e. The van der Waals surface area contributed by atoms with Crippen molar-refractivity contribution in [2.75, 3.05) is 26.7 Å². The lowest BCUT2D eigenvalue weighted by molar-refractivity contribution is -0.125. The number of halogens is 1. The Morgan fingerprint density at radius 3 is 2.36 bits per heavy atom. The first-order valence-corrected chi connectivity index (χ1v) is 11.4. The summed E-state index contributed by atoms with van der Waals surface area (Å²) in [5.41, 5.74) is 0. The number of carbonyl (C=O) groups is 1. The number of piperidine rings is 1. The molecule has 3 rings (SSSR count). The van der Waals surface area contributed by atoms with E-state index in [1.807, 2.05) is 13.8 Å². The highest BCUT2D eigenvalue weighted by molar-refractivity contribution is 7.89. The van der Waals surface area contributed by atoms with E-state index >= 15 is 0 Å². The highest BCUT2D eigenvalue weighted by atomic mass is 32.2. The molecule has 0 spiro atoms. The molecule has 156 valence electrons. The minimum atomic E-state index is -3.59. The molecule has 2 aliphatic rings. The molecule has 28 heavy (non-hydrogen) atoms. The van der Waals surface area contributed by atoms with Gasteiger partial charge in [0.25, 0.3) is 0 Å². The lowest BCUT2D eigenvalue weighted by Crippen LogP contribution is -2.43. The van der Waals surface area contributed by atoms with E-state index in [1.54, 1.807) is 0 Å². The maximum absolute atomic E-state index is 13.1. The van der Waals surface area contributed by atoms with Gasteiger partial charge in [0.1, 0.15) is 5.82 Å². The first-order valence-electron chi connectivity index (χ1n) is 9.95. The number of sulfonamides is 1. The molecule has 1 amide bonds. The second-order valence-corrected chi connectivity index (χ2v) is 10.2. The summed E-state index contributed by atoms with van der Waals surface area (Å²) in [6.07, 6.45) is 2.37. The Hall–Kier alpha value is -1.51. The van der Waals surface area contributed by atoms with Gasteiger partial charge in [-0.15, -0.1) is 0 Å². The highest BCUT2D eigenvalue weighted by Gasteiger charge is 2.40.